The summed E-state index contributed by atoms with van der Waals surface area (Å²) in [5.41, 5.74) is 1.62. The average molecular weight is 555 g/mol. The first-order chi connectivity index (χ1) is 19.2. The highest BCUT2D eigenvalue weighted by atomic mass is 16.5. The zero-order valence-electron chi connectivity index (χ0n) is 26.5. The molecule has 2 aromatic rings. The molecule has 0 unspecified atom stereocenters. The maximum atomic E-state index is 6.00. The highest BCUT2D eigenvalue weighted by Gasteiger charge is 2.15. The van der Waals surface area contributed by atoms with Crippen molar-refractivity contribution in [1.82, 2.24) is 0 Å². The van der Waals surface area contributed by atoms with E-state index in [2.05, 4.69) is 52.3 Å². The Morgan fingerprint density at radius 2 is 0.825 bits per heavy atom. The minimum atomic E-state index is 0.715. The number of rotatable bonds is 22. The summed E-state index contributed by atoms with van der Waals surface area (Å²) < 4.78 is 14.0. The maximum absolute atomic E-state index is 6.00. The predicted molar refractivity (Wildman–Crippen MR) is 169 cm³/mol. The first-order valence-electron chi connectivity index (χ1n) is 15.7. The molecule has 0 saturated carbocycles. The molecule has 0 bridgehead atoms. The predicted octanol–water partition coefficient (Wildman–Crippen LogP) is 8.95. The van der Waals surface area contributed by atoms with Crippen LogP contribution < -0.4 is 9.47 Å². The Hall–Kier alpha value is -2.44. The van der Waals surface area contributed by atoms with Gasteiger partial charge in [-0.15, -0.1) is 0 Å². The van der Waals surface area contributed by atoms with Crippen molar-refractivity contribution in [2.45, 2.75) is 78.1 Å². The molecule has 0 spiro atoms. The monoisotopic (exact) mass is 554 g/mol. The van der Waals surface area contributed by atoms with Crippen molar-refractivity contribution < 1.29 is 18.4 Å². The molecule has 0 aliphatic rings. The number of hydrogen-bond donors (Lipinski definition) is 0. The van der Waals surface area contributed by atoms with E-state index in [1.54, 1.807) is 0 Å². The lowest BCUT2D eigenvalue weighted by Crippen LogP contribution is -2.43. The zero-order valence-corrected chi connectivity index (χ0v) is 26.5. The third-order valence-electron chi connectivity index (χ3n) is 7.62. The van der Waals surface area contributed by atoms with E-state index in [9.17, 15) is 0 Å². The summed E-state index contributed by atoms with van der Waals surface area (Å²) in [7, 11) is 9.18. The van der Waals surface area contributed by atoms with Gasteiger partial charge in [-0.25, -0.2) is 0 Å². The van der Waals surface area contributed by atoms with Crippen LogP contribution in [0.25, 0.3) is 0 Å². The highest BCUT2D eigenvalue weighted by molar-refractivity contribution is 5.44. The van der Waals surface area contributed by atoms with Gasteiger partial charge in [-0.2, -0.15) is 10.2 Å². The minimum Gasteiger partial charge on any atom is -0.488 e. The molecule has 0 aliphatic heterocycles. The fourth-order valence-electron chi connectivity index (χ4n) is 4.67. The lowest BCUT2D eigenvalue weighted by molar-refractivity contribution is -0.890. The Labute approximate surface area is 245 Å². The van der Waals surface area contributed by atoms with Gasteiger partial charge in [0.15, 0.2) is 0 Å². The fraction of sp³-hybridized carbons (Fsp3) is 0.647. The molecule has 2 aromatic carbocycles. The SMILES string of the molecule is CCCCCCC[N+](C)(C)CCOc1ccc(N=Nc2ccc(OCC[N+](C)(C)CCCCCCC)cc2)cc1. The molecule has 6 nitrogen and oxygen atoms in total. The number of unbranched alkanes of at least 4 members (excludes halogenated alkanes) is 8. The number of quaternary nitrogens is 2. The number of benzene rings is 2. The van der Waals surface area contributed by atoms with Gasteiger partial charge in [0.25, 0.3) is 0 Å². The summed E-state index contributed by atoms with van der Waals surface area (Å²) >= 11 is 0. The van der Waals surface area contributed by atoms with Crippen molar-refractivity contribution in [3.8, 4) is 11.5 Å². The molecule has 0 radical (unpaired) electrons. The number of azo groups is 1. The van der Waals surface area contributed by atoms with Gasteiger partial charge in [-0.05, 0) is 74.2 Å². The van der Waals surface area contributed by atoms with Crippen LogP contribution in [-0.4, -0.2) is 76.5 Å². The van der Waals surface area contributed by atoms with Crippen LogP contribution in [0.2, 0.25) is 0 Å². The van der Waals surface area contributed by atoms with E-state index >= 15 is 0 Å². The first-order valence-corrected chi connectivity index (χ1v) is 15.7. The molecule has 0 fully saturated rings. The topological polar surface area (TPSA) is 43.2 Å². The van der Waals surface area contributed by atoms with Gasteiger partial charge in [0.2, 0.25) is 0 Å². The van der Waals surface area contributed by atoms with Crippen LogP contribution in [0.3, 0.4) is 0 Å². The van der Waals surface area contributed by atoms with Crippen molar-refractivity contribution in [3.05, 3.63) is 48.5 Å². The summed E-state index contributed by atoms with van der Waals surface area (Å²) in [6, 6.07) is 15.7. The van der Waals surface area contributed by atoms with E-state index in [0.29, 0.717) is 13.2 Å². The normalized spacial score (nSPS) is 12.2. The van der Waals surface area contributed by atoms with Crippen LogP contribution in [0.1, 0.15) is 78.1 Å². The largest absolute Gasteiger partial charge is 0.488 e. The summed E-state index contributed by atoms with van der Waals surface area (Å²) in [6.07, 6.45) is 13.3. The molecule has 0 amide bonds. The van der Waals surface area contributed by atoms with Crippen LogP contribution in [0, 0.1) is 0 Å². The lowest BCUT2D eigenvalue weighted by Gasteiger charge is -2.29. The first kappa shape index (κ1) is 33.8. The van der Waals surface area contributed by atoms with Crippen molar-refractivity contribution in [2.24, 2.45) is 10.2 Å². The van der Waals surface area contributed by atoms with Crippen molar-refractivity contribution in [3.63, 3.8) is 0 Å². The lowest BCUT2D eigenvalue weighted by atomic mass is 10.1. The fourth-order valence-corrected chi connectivity index (χ4v) is 4.67. The van der Waals surface area contributed by atoms with Gasteiger partial charge in [-0.3, -0.25) is 0 Å². The molecule has 6 heteroatoms. The molecule has 0 atom stereocenters. The Morgan fingerprint density at radius 3 is 1.18 bits per heavy atom. The van der Waals surface area contributed by atoms with Gasteiger partial charge in [0.1, 0.15) is 37.8 Å². The Morgan fingerprint density at radius 1 is 0.475 bits per heavy atom. The second kappa shape index (κ2) is 18.8. The average Bonchev–Trinajstić information content (AvgIpc) is 2.93. The number of nitrogens with zero attached hydrogens (tertiary/aromatic N) is 4. The molecular weight excluding hydrogens is 496 g/mol. The third-order valence-corrected chi connectivity index (χ3v) is 7.62. The van der Waals surface area contributed by atoms with Crippen LogP contribution in [-0.2, 0) is 0 Å². The van der Waals surface area contributed by atoms with Gasteiger partial charge in [0, 0.05) is 0 Å². The van der Waals surface area contributed by atoms with Gasteiger partial charge >= 0.3 is 0 Å². The highest BCUT2D eigenvalue weighted by Crippen LogP contribution is 2.23. The van der Waals surface area contributed by atoms with Crippen LogP contribution in [0.4, 0.5) is 11.4 Å². The van der Waals surface area contributed by atoms with E-state index in [1.807, 2.05) is 48.5 Å². The van der Waals surface area contributed by atoms with Crippen molar-refractivity contribution in [1.29, 1.82) is 0 Å². The van der Waals surface area contributed by atoms with E-state index < -0.39 is 0 Å². The number of hydrogen-bond acceptors (Lipinski definition) is 4. The molecule has 224 valence electrons. The Bertz CT molecular complexity index is 862. The minimum absolute atomic E-state index is 0.715. The molecule has 0 heterocycles. The maximum Gasteiger partial charge on any atom is 0.137 e. The van der Waals surface area contributed by atoms with Crippen LogP contribution in [0.5, 0.6) is 11.5 Å². The van der Waals surface area contributed by atoms with Gasteiger partial charge < -0.3 is 18.4 Å². The molecule has 0 N–H and O–H groups in total. The second-order valence-corrected chi connectivity index (χ2v) is 12.5. The molecule has 2 rings (SSSR count). The van der Waals surface area contributed by atoms with Gasteiger partial charge in [-0.1, -0.05) is 52.4 Å². The van der Waals surface area contributed by atoms with Crippen LogP contribution >= 0.6 is 0 Å². The van der Waals surface area contributed by atoms with E-state index in [1.165, 1.54) is 77.3 Å². The molecule has 0 aliphatic carbocycles. The van der Waals surface area contributed by atoms with E-state index in [0.717, 1.165) is 44.9 Å². The van der Waals surface area contributed by atoms with E-state index in [4.69, 9.17) is 9.47 Å². The summed E-state index contributed by atoms with van der Waals surface area (Å²) in [5.74, 6) is 1.75. The second-order valence-electron chi connectivity index (χ2n) is 12.5. The summed E-state index contributed by atoms with van der Waals surface area (Å²) in [4.78, 5) is 0. The summed E-state index contributed by atoms with van der Waals surface area (Å²) in [6.45, 7) is 10.4. The van der Waals surface area contributed by atoms with E-state index in [-0.39, 0.29) is 0 Å². The zero-order chi connectivity index (χ0) is 29.1. The Kier molecular flexibility index (Phi) is 15.9. The summed E-state index contributed by atoms with van der Waals surface area (Å²) in [5, 5.41) is 8.77. The molecule has 0 aromatic heterocycles. The smallest absolute Gasteiger partial charge is 0.137 e. The standard InChI is InChI=1S/C34H58N4O2/c1-7-9-11-13-15-25-37(3,4)27-29-39-33-21-17-31(18-22-33)35-36-32-19-23-34(24-20-32)40-30-28-38(5,6)26-16-14-12-10-8-2/h17-24H,7-16,25-30H2,1-6H3/q+2. The number of likely N-dealkylation sites (N-methyl/N-ethyl adjacent to an activating group) is 2. The van der Waals surface area contributed by atoms with Gasteiger partial charge in [0.05, 0.1) is 52.7 Å². The molecular formula is C34H58N4O2+2. The van der Waals surface area contributed by atoms with Crippen LogP contribution in [0.15, 0.2) is 58.8 Å². The number of ether oxygens (including phenoxy) is 2. The quantitative estimate of drug-likeness (QED) is 0.0828. The molecule has 0 saturated heterocycles. The Balaban J connectivity index is 1.68. The van der Waals surface area contributed by atoms with Crippen molar-refractivity contribution >= 4 is 11.4 Å². The third kappa shape index (κ3) is 15.4. The van der Waals surface area contributed by atoms with Crippen molar-refractivity contribution in [2.75, 3.05) is 67.6 Å². The molecule has 40 heavy (non-hydrogen) atoms.